The summed E-state index contributed by atoms with van der Waals surface area (Å²) in [5, 5.41) is 3.62. The first kappa shape index (κ1) is 6.33. The number of nitrogens with zero attached hydrogens (tertiary/aromatic N) is 1. The van der Waals surface area contributed by atoms with Crippen LogP contribution in [0.1, 0.15) is 31.9 Å². The maximum absolute atomic E-state index is 4.94. The van der Waals surface area contributed by atoms with Crippen molar-refractivity contribution >= 4 is 0 Å². The van der Waals surface area contributed by atoms with Crippen LogP contribution in [-0.4, -0.2) is 5.16 Å². The van der Waals surface area contributed by atoms with E-state index in [2.05, 4.69) is 19.0 Å². The molecule has 0 bridgehead atoms. The van der Waals surface area contributed by atoms with Gasteiger partial charge in [-0.25, -0.2) is 0 Å². The minimum atomic E-state index is 0.507. The van der Waals surface area contributed by atoms with Gasteiger partial charge in [-0.2, -0.15) is 0 Å². The van der Waals surface area contributed by atoms with Crippen molar-refractivity contribution in [2.24, 2.45) is 0 Å². The number of hydrogen-bond donors (Lipinski definition) is 0. The Hall–Kier alpha value is -0.790. The van der Waals surface area contributed by atoms with Gasteiger partial charge in [0.05, 0.1) is 6.20 Å². The molecule has 0 N–H and O–H groups in total. The highest BCUT2D eigenvalue weighted by molar-refractivity contribution is 4.98. The molecule has 0 aliphatic carbocycles. The highest BCUT2D eigenvalue weighted by atomic mass is 16.5. The van der Waals surface area contributed by atoms with E-state index in [1.807, 2.05) is 6.07 Å². The molecule has 1 aromatic rings. The van der Waals surface area contributed by atoms with Crippen LogP contribution >= 0.6 is 0 Å². The molecular weight excluding hydrogens is 114 g/mol. The van der Waals surface area contributed by atoms with Gasteiger partial charge in [0.15, 0.2) is 0 Å². The van der Waals surface area contributed by atoms with Gasteiger partial charge in [0, 0.05) is 12.0 Å². The number of aromatic nitrogens is 1. The van der Waals surface area contributed by atoms with Crippen molar-refractivity contribution in [3.63, 3.8) is 0 Å². The van der Waals surface area contributed by atoms with E-state index in [4.69, 9.17) is 4.52 Å². The molecule has 1 heterocycles. The summed E-state index contributed by atoms with van der Waals surface area (Å²) in [6.45, 7) is 4.26. The molecule has 0 aliphatic heterocycles. The Bertz CT molecular complexity index is 157. The van der Waals surface area contributed by atoms with Crippen LogP contribution in [0.5, 0.6) is 0 Å². The van der Waals surface area contributed by atoms with Crippen molar-refractivity contribution in [1.29, 1.82) is 0 Å². The molecule has 0 saturated heterocycles. The third kappa shape index (κ3) is 1.31. The molecule has 0 aromatic carbocycles. The van der Waals surface area contributed by atoms with Gasteiger partial charge < -0.3 is 4.52 Å². The molecule has 0 aliphatic rings. The summed E-state index contributed by atoms with van der Waals surface area (Å²) < 4.78 is 4.94. The topological polar surface area (TPSA) is 26.0 Å². The van der Waals surface area contributed by atoms with E-state index in [0.717, 1.165) is 12.2 Å². The zero-order chi connectivity index (χ0) is 6.69. The van der Waals surface area contributed by atoms with Gasteiger partial charge in [0.1, 0.15) is 5.76 Å². The first-order chi connectivity index (χ1) is 4.34. The van der Waals surface area contributed by atoms with Gasteiger partial charge in [0.25, 0.3) is 0 Å². The minimum Gasteiger partial charge on any atom is -0.361 e. The van der Waals surface area contributed by atoms with Gasteiger partial charge in [-0.05, 0) is 6.42 Å². The Morgan fingerprint density at radius 3 is 3.00 bits per heavy atom. The molecule has 0 spiro atoms. The van der Waals surface area contributed by atoms with Crippen LogP contribution in [-0.2, 0) is 0 Å². The van der Waals surface area contributed by atoms with Crippen LogP contribution in [0.15, 0.2) is 16.8 Å². The van der Waals surface area contributed by atoms with E-state index in [9.17, 15) is 0 Å². The number of hydrogen-bond acceptors (Lipinski definition) is 2. The van der Waals surface area contributed by atoms with Gasteiger partial charge in [-0.15, -0.1) is 0 Å². The SMILES string of the molecule is CC[C@H](C)c1ccno1. The second-order valence-corrected chi connectivity index (χ2v) is 2.22. The third-order valence-corrected chi connectivity index (χ3v) is 1.56. The Kier molecular flexibility index (Phi) is 1.88. The third-order valence-electron chi connectivity index (χ3n) is 1.56. The smallest absolute Gasteiger partial charge is 0.139 e. The lowest BCUT2D eigenvalue weighted by molar-refractivity contribution is 0.363. The molecule has 0 saturated carbocycles. The summed E-state index contributed by atoms with van der Waals surface area (Å²) >= 11 is 0. The maximum atomic E-state index is 4.94. The largest absolute Gasteiger partial charge is 0.361 e. The first-order valence-corrected chi connectivity index (χ1v) is 3.25. The zero-order valence-corrected chi connectivity index (χ0v) is 5.79. The summed E-state index contributed by atoms with van der Waals surface area (Å²) in [5.74, 6) is 1.49. The fourth-order valence-corrected chi connectivity index (χ4v) is 0.681. The van der Waals surface area contributed by atoms with Crippen LogP contribution < -0.4 is 0 Å². The molecule has 9 heavy (non-hydrogen) atoms. The Morgan fingerprint density at radius 1 is 1.78 bits per heavy atom. The van der Waals surface area contributed by atoms with Crippen LogP contribution in [0.25, 0.3) is 0 Å². The predicted octanol–water partition coefficient (Wildman–Crippen LogP) is 2.19. The molecule has 1 atom stereocenters. The number of rotatable bonds is 2. The highest BCUT2D eigenvalue weighted by Crippen LogP contribution is 2.16. The van der Waals surface area contributed by atoms with Gasteiger partial charge in [-0.1, -0.05) is 19.0 Å². The van der Waals surface area contributed by atoms with E-state index in [1.165, 1.54) is 0 Å². The lowest BCUT2D eigenvalue weighted by Gasteiger charge is -1.99. The summed E-state index contributed by atoms with van der Waals surface area (Å²) in [5.41, 5.74) is 0. The standard InChI is InChI=1S/C7H11NO/c1-3-6(2)7-4-5-8-9-7/h4-6H,3H2,1-2H3/t6-/m0/s1. The zero-order valence-electron chi connectivity index (χ0n) is 5.79. The van der Waals surface area contributed by atoms with Gasteiger partial charge in [-0.3, -0.25) is 0 Å². The van der Waals surface area contributed by atoms with Crippen LogP contribution in [0, 0.1) is 0 Å². The van der Waals surface area contributed by atoms with Crippen molar-refractivity contribution < 1.29 is 4.52 Å². The summed E-state index contributed by atoms with van der Waals surface area (Å²) in [4.78, 5) is 0. The summed E-state index contributed by atoms with van der Waals surface area (Å²) in [7, 11) is 0. The molecule has 0 amide bonds. The van der Waals surface area contributed by atoms with E-state index >= 15 is 0 Å². The van der Waals surface area contributed by atoms with E-state index in [-0.39, 0.29) is 0 Å². The average molecular weight is 125 g/mol. The Labute approximate surface area is 54.9 Å². The van der Waals surface area contributed by atoms with E-state index in [1.54, 1.807) is 6.20 Å². The summed E-state index contributed by atoms with van der Waals surface area (Å²) in [6.07, 6.45) is 2.79. The molecule has 2 nitrogen and oxygen atoms in total. The molecule has 0 unspecified atom stereocenters. The van der Waals surface area contributed by atoms with Crippen molar-refractivity contribution in [3.8, 4) is 0 Å². The molecular formula is C7H11NO. The minimum absolute atomic E-state index is 0.507. The monoisotopic (exact) mass is 125 g/mol. The molecule has 1 rings (SSSR count). The van der Waals surface area contributed by atoms with Crippen molar-refractivity contribution in [2.75, 3.05) is 0 Å². The average Bonchev–Trinajstić information content (AvgIpc) is 2.37. The molecule has 0 fully saturated rings. The molecule has 50 valence electrons. The highest BCUT2D eigenvalue weighted by Gasteiger charge is 2.04. The van der Waals surface area contributed by atoms with Crippen LogP contribution in [0.3, 0.4) is 0 Å². The fourth-order valence-electron chi connectivity index (χ4n) is 0.681. The van der Waals surface area contributed by atoms with Crippen LogP contribution in [0.4, 0.5) is 0 Å². The summed E-state index contributed by atoms with van der Waals surface area (Å²) in [6, 6.07) is 1.91. The van der Waals surface area contributed by atoms with Gasteiger partial charge >= 0.3 is 0 Å². The van der Waals surface area contributed by atoms with E-state index < -0.39 is 0 Å². The van der Waals surface area contributed by atoms with Crippen LogP contribution in [0.2, 0.25) is 0 Å². The first-order valence-electron chi connectivity index (χ1n) is 3.25. The second kappa shape index (κ2) is 2.67. The molecule has 1 aromatic heterocycles. The van der Waals surface area contributed by atoms with Crippen molar-refractivity contribution in [2.45, 2.75) is 26.2 Å². The van der Waals surface area contributed by atoms with Crippen molar-refractivity contribution in [3.05, 3.63) is 18.0 Å². The lowest BCUT2D eigenvalue weighted by Crippen LogP contribution is -1.86. The maximum Gasteiger partial charge on any atom is 0.139 e. The Morgan fingerprint density at radius 2 is 2.56 bits per heavy atom. The molecule has 0 radical (unpaired) electrons. The lowest BCUT2D eigenvalue weighted by atomic mass is 10.1. The fraction of sp³-hybridized carbons (Fsp3) is 0.571. The van der Waals surface area contributed by atoms with Crippen molar-refractivity contribution in [1.82, 2.24) is 5.16 Å². The van der Waals surface area contributed by atoms with Gasteiger partial charge in [0.2, 0.25) is 0 Å². The quantitative estimate of drug-likeness (QED) is 0.605. The Balaban J connectivity index is 2.65. The van der Waals surface area contributed by atoms with E-state index in [0.29, 0.717) is 5.92 Å². The molecule has 2 heteroatoms. The normalized spacial score (nSPS) is 13.6. The second-order valence-electron chi connectivity index (χ2n) is 2.22. The predicted molar refractivity (Wildman–Crippen MR) is 35.2 cm³/mol.